The van der Waals surface area contributed by atoms with Gasteiger partial charge in [-0.15, -0.1) is 0 Å². The molecule has 0 aliphatic rings. The van der Waals surface area contributed by atoms with Gasteiger partial charge in [-0.3, -0.25) is 0 Å². The first-order chi connectivity index (χ1) is 5.56. The van der Waals surface area contributed by atoms with Gasteiger partial charge in [-0.1, -0.05) is 0 Å². The van der Waals surface area contributed by atoms with Crippen molar-refractivity contribution in [2.45, 2.75) is 13.8 Å². The molecule has 0 aliphatic carbocycles. The van der Waals surface area contributed by atoms with E-state index >= 15 is 0 Å². The second-order valence-electron chi connectivity index (χ2n) is 1.81. The maximum absolute atomic E-state index is 12.2. The first-order valence-corrected chi connectivity index (χ1v) is 3.33. The van der Waals surface area contributed by atoms with Crippen molar-refractivity contribution >= 4 is 12.0 Å². The predicted octanol–water partition coefficient (Wildman–Crippen LogP) is 2.21. The van der Waals surface area contributed by atoms with Gasteiger partial charge in [0.05, 0.1) is 6.61 Å². The van der Waals surface area contributed by atoms with Crippen molar-refractivity contribution < 1.29 is 13.5 Å². The number of hydrogen-bond donors (Lipinski definition) is 0. The van der Waals surface area contributed by atoms with E-state index in [0.717, 1.165) is 6.92 Å². The highest BCUT2D eigenvalue weighted by molar-refractivity contribution is 5.88. The lowest BCUT2D eigenvalue weighted by Crippen LogP contribution is -2.02. The minimum atomic E-state index is -0.969. The molecule has 5 heteroatoms. The molecule has 0 rings (SSSR count). The number of rotatable bonds is 2. The largest absolute Gasteiger partial charge is 0.464 e. The van der Waals surface area contributed by atoms with Crippen LogP contribution >= 0.6 is 0 Å². The molecule has 68 valence electrons. The molecule has 0 aromatic rings. The third-order valence-corrected chi connectivity index (χ3v) is 0.740. The van der Waals surface area contributed by atoms with E-state index < -0.39 is 11.9 Å². The molecule has 0 unspecified atom stereocenters. The molecule has 0 saturated heterocycles. The molecule has 12 heavy (non-hydrogen) atoms. The average molecular weight is 176 g/mol. The number of ether oxygens (including phenoxy) is 1. The van der Waals surface area contributed by atoms with Crippen LogP contribution in [0.1, 0.15) is 13.8 Å². The van der Waals surface area contributed by atoms with Crippen LogP contribution in [0.15, 0.2) is 22.5 Å². The van der Waals surface area contributed by atoms with Gasteiger partial charge in [0.1, 0.15) is 0 Å². The summed E-state index contributed by atoms with van der Waals surface area (Å²) in [5, 5.41) is 0. The predicted molar refractivity (Wildman–Crippen MR) is 43.5 cm³/mol. The highest BCUT2D eigenvalue weighted by Crippen LogP contribution is 1.97. The van der Waals surface area contributed by atoms with E-state index in [1.54, 1.807) is 6.92 Å². The fraction of sp³-hybridized carbons (Fsp3) is 0.429. The molecule has 0 radical (unpaired) electrons. The summed E-state index contributed by atoms with van der Waals surface area (Å²) in [6.07, 6.45) is 0. The zero-order chi connectivity index (χ0) is 9.56. The van der Waals surface area contributed by atoms with E-state index in [1.807, 2.05) is 0 Å². The molecule has 0 aromatic heterocycles. The third-order valence-electron chi connectivity index (χ3n) is 0.740. The first kappa shape index (κ1) is 10.7. The Hall–Kier alpha value is -1.26. The van der Waals surface area contributed by atoms with E-state index in [2.05, 4.69) is 21.3 Å². The summed E-state index contributed by atoms with van der Waals surface area (Å²) in [5.74, 6) is -1.72. The molecule has 3 nitrogen and oxygen atoms in total. The number of amidine groups is 1. The molecule has 0 heterocycles. The number of nitrogens with zero attached hydrogens (tertiary/aromatic N) is 2. The highest BCUT2D eigenvalue weighted by Gasteiger charge is 1.98. The minimum absolute atomic E-state index is 0.239. The van der Waals surface area contributed by atoms with E-state index in [1.165, 1.54) is 0 Å². The molecule has 0 spiro atoms. The van der Waals surface area contributed by atoms with Gasteiger partial charge >= 0.3 is 6.02 Å². The van der Waals surface area contributed by atoms with Gasteiger partial charge < -0.3 is 4.74 Å². The Balaban J connectivity index is 4.43. The Morgan fingerprint density at radius 3 is 2.33 bits per heavy atom. The average Bonchev–Trinajstić information content (AvgIpc) is 1.84. The molecule has 0 N–H and O–H groups in total. The van der Waals surface area contributed by atoms with Crippen LogP contribution < -0.4 is 0 Å². The van der Waals surface area contributed by atoms with Gasteiger partial charge in [0.2, 0.25) is 5.95 Å². The fourth-order valence-corrected chi connectivity index (χ4v) is 0.454. The Bertz CT molecular complexity index is 219. The molecule has 0 fully saturated rings. The van der Waals surface area contributed by atoms with Crippen molar-refractivity contribution in [2.24, 2.45) is 9.98 Å². The van der Waals surface area contributed by atoms with Gasteiger partial charge in [0, 0.05) is 6.92 Å². The van der Waals surface area contributed by atoms with Crippen molar-refractivity contribution in [3.63, 3.8) is 0 Å². The summed E-state index contributed by atoms with van der Waals surface area (Å²) in [4.78, 5) is 6.30. The number of halogens is 2. The monoisotopic (exact) mass is 176 g/mol. The number of aliphatic imine (C=N–C) groups is 2. The summed E-state index contributed by atoms with van der Waals surface area (Å²) in [6.45, 7) is 5.86. The molecule has 0 amide bonds. The van der Waals surface area contributed by atoms with Crippen molar-refractivity contribution in [1.29, 1.82) is 0 Å². The van der Waals surface area contributed by atoms with E-state index in [0.29, 0.717) is 0 Å². The van der Waals surface area contributed by atoms with Gasteiger partial charge in [-0.2, -0.15) is 18.8 Å². The Labute approximate surface area is 69.5 Å². The summed E-state index contributed by atoms with van der Waals surface area (Å²) >= 11 is 0. The van der Waals surface area contributed by atoms with Gasteiger partial charge in [-0.05, 0) is 13.5 Å². The zero-order valence-corrected chi connectivity index (χ0v) is 6.97. The standard InChI is InChI=1S/C7H10F2N2O/c1-4-12-7(10-5(2)8)11-6(3)9/h2,4H2,1,3H3. The molecular weight excluding hydrogens is 166 g/mol. The van der Waals surface area contributed by atoms with Crippen LogP contribution in [-0.2, 0) is 4.74 Å². The van der Waals surface area contributed by atoms with Crippen molar-refractivity contribution in [3.05, 3.63) is 12.5 Å². The van der Waals surface area contributed by atoms with Crippen molar-refractivity contribution in [3.8, 4) is 0 Å². The van der Waals surface area contributed by atoms with Crippen LogP contribution in [0.5, 0.6) is 0 Å². The molecule has 0 aliphatic heterocycles. The normalized spacial score (nSPS) is 13.0. The summed E-state index contributed by atoms with van der Waals surface area (Å²) in [7, 11) is 0. The lowest BCUT2D eigenvalue weighted by atomic mass is 10.8. The summed E-state index contributed by atoms with van der Waals surface area (Å²) < 4.78 is 28.9. The second kappa shape index (κ2) is 5.40. The SMILES string of the molecule is C=C(F)N=C(N=C(C)F)OCC. The molecule has 0 atom stereocenters. The van der Waals surface area contributed by atoms with Crippen LogP contribution in [0.4, 0.5) is 8.78 Å². The van der Waals surface area contributed by atoms with Crippen LogP contribution in [0, 0.1) is 0 Å². The van der Waals surface area contributed by atoms with Crippen molar-refractivity contribution in [2.75, 3.05) is 6.61 Å². The quantitative estimate of drug-likeness (QED) is 0.361. The van der Waals surface area contributed by atoms with Gasteiger partial charge in [0.15, 0.2) is 5.97 Å². The summed E-state index contributed by atoms with van der Waals surface area (Å²) in [6, 6.07) is -0.356. The lowest BCUT2D eigenvalue weighted by molar-refractivity contribution is 0.320. The van der Waals surface area contributed by atoms with Crippen LogP contribution in [0.2, 0.25) is 0 Å². The smallest absolute Gasteiger partial charge is 0.321 e. The first-order valence-electron chi connectivity index (χ1n) is 3.33. The molecule has 0 saturated carbocycles. The zero-order valence-electron chi connectivity index (χ0n) is 6.97. The molecule has 0 aromatic carbocycles. The highest BCUT2D eigenvalue weighted by atomic mass is 19.1. The van der Waals surface area contributed by atoms with Crippen LogP contribution in [0.3, 0.4) is 0 Å². The third kappa shape index (κ3) is 5.52. The minimum Gasteiger partial charge on any atom is -0.464 e. The van der Waals surface area contributed by atoms with E-state index in [9.17, 15) is 8.78 Å². The Morgan fingerprint density at radius 1 is 1.42 bits per heavy atom. The van der Waals surface area contributed by atoms with E-state index in [-0.39, 0.29) is 12.6 Å². The van der Waals surface area contributed by atoms with E-state index in [4.69, 9.17) is 0 Å². The number of hydrogen-bond acceptors (Lipinski definition) is 2. The maximum atomic E-state index is 12.2. The maximum Gasteiger partial charge on any atom is 0.321 e. The fourth-order valence-electron chi connectivity index (χ4n) is 0.454. The second-order valence-corrected chi connectivity index (χ2v) is 1.81. The summed E-state index contributed by atoms with van der Waals surface area (Å²) in [5.41, 5.74) is 0. The van der Waals surface area contributed by atoms with Gasteiger partial charge in [0.25, 0.3) is 0 Å². The Morgan fingerprint density at radius 2 is 2.00 bits per heavy atom. The van der Waals surface area contributed by atoms with Crippen molar-refractivity contribution in [1.82, 2.24) is 0 Å². The lowest BCUT2D eigenvalue weighted by Gasteiger charge is -1.99. The topological polar surface area (TPSA) is 34.0 Å². The van der Waals surface area contributed by atoms with Crippen LogP contribution in [-0.4, -0.2) is 18.6 Å². The Kier molecular flexibility index (Phi) is 4.83. The molecule has 0 bridgehead atoms. The van der Waals surface area contributed by atoms with Crippen LogP contribution in [0.25, 0.3) is 0 Å². The van der Waals surface area contributed by atoms with Gasteiger partial charge in [-0.25, -0.2) is 0 Å². The molecular formula is C7H10F2N2O.